The van der Waals surface area contributed by atoms with Crippen LogP contribution in [0, 0.1) is 0 Å². The summed E-state index contributed by atoms with van der Waals surface area (Å²) in [7, 11) is -2.30. The van der Waals surface area contributed by atoms with Crippen molar-refractivity contribution in [1.29, 1.82) is 0 Å². The van der Waals surface area contributed by atoms with Gasteiger partial charge >= 0.3 is 0 Å². The number of carbonyl (C=O) groups is 2. The van der Waals surface area contributed by atoms with Crippen molar-refractivity contribution in [1.82, 2.24) is 14.2 Å². The Morgan fingerprint density at radius 3 is 2.41 bits per heavy atom. The molecule has 0 aromatic heterocycles. The normalized spacial score (nSPS) is 19.2. The number of hydrogen-bond donors (Lipinski definition) is 0. The molecular formula is C16H18Cl2N4O4S. The molecule has 0 unspecified atom stereocenters. The molecule has 2 aliphatic heterocycles. The lowest BCUT2D eigenvalue weighted by Gasteiger charge is -2.34. The van der Waals surface area contributed by atoms with Gasteiger partial charge in [0.2, 0.25) is 15.9 Å². The molecule has 27 heavy (non-hydrogen) atoms. The molecule has 2 heterocycles. The largest absolute Gasteiger partial charge is 0.335 e. The smallest absolute Gasteiger partial charge is 0.270 e. The topological polar surface area (TPSA) is 90.4 Å². The highest BCUT2D eigenvalue weighted by molar-refractivity contribution is 7.89. The van der Waals surface area contributed by atoms with Crippen LogP contribution in [0.25, 0.3) is 0 Å². The number of piperazine rings is 1. The second-order valence-corrected chi connectivity index (χ2v) is 8.90. The van der Waals surface area contributed by atoms with E-state index >= 15 is 0 Å². The molecule has 0 N–H and O–H groups in total. The fourth-order valence-electron chi connectivity index (χ4n) is 2.96. The number of carbonyl (C=O) groups excluding carboxylic acids is 2. The average Bonchev–Trinajstić information content (AvgIpc) is 2.65. The SMILES string of the molecule is CN1N=C(C(=O)N2CCN(S(=O)(=O)c3cccc(Cl)c3Cl)CC2)CCC1=O. The van der Waals surface area contributed by atoms with Gasteiger partial charge in [-0.2, -0.15) is 9.41 Å². The fraction of sp³-hybridized carbons (Fsp3) is 0.438. The lowest BCUT2D eigenvalue weighted by Crippen LogP contribution is -2.52. The predicted molar refractivity (Wildman–Crippen MR) is 101 cm³/mol. The molecule has 3 rings (SSSR count). The van der Waals surface area contributed by atoms with Crippen LogP contribution in [0.15, 0.2) is 28.2 Å². The summed E-state index contributed by atoms with van der Waals surface area (Å²) in [5.74, 6) is -0.409. The molecule has 1 aromatic carbocycles. The van der Waals surface area contributed by atoms with Crippen LogP contribution in [-0.4, -0.2) is 73.4 Å². The van der Waals surface area contributed by atoms with Gasteiger partial charge in [-0.3, -0.25) is 9.59 Å². The number of rotatable bonds is 3. The van der Waals surface area contributed by atoms with E-state index in [1.165, 1.54) is 34.6 Å². The maximum absolute atomic E-state index is 12.8. The van der Waals surface area contributed by atoms with E-state index < -0.39 is 10.0 Å². The number of benzene rings is 1. The van der Waals surface area contributed by atoms with Crippen molar-refractivity contribution in [2.45, 2.75) is 17.7 Å². The summed E-state index contributed by atoms with van der Waals surface area (Å²) in [4.78, 5) is 25.6. The quantitative estimate of drug-likeness (QED) is 0.722. The monoisotopic (exact) mass is 432 g/mol. The van der Waals surface area contributed by atoms with Gasteiger partial charge in [0.25, 0.3) is 5.91 Å². The summed E-state index contributed by atoms with van der Waals surface area (Å²) in [6.45, 7) is 0.734. The van der Waals surface area contributed by atoms with Gasteiger partial charge in [0.05, 0.1) is 10.0 Å². The standard InChI is InChI=1S/C16H18Cl2N4O4S/c1-20-14(23)6-5-12(19-20)16(24)21-7-9-22(10-8-21)27(25,26)13-4-2-3-11(17)15(13)18/h2-4H,5-10H2,1H3. The average molecular weight is 433 g/mol. The second kappa shape index (κ2) is 7.75. The van der Waals surface area contributed by atoms with Gasteiger partial charge in [-0.15, -0.1) is 0 Å². The number of halogens is 2. The molecule has 0 aliphatic carbocycles. The zero-order chi connectivity index (χ0) is 19.8. The summed E-state index contributed by atoms with van der Waals surface area (Å²) >= 11 is 12.0. The van der Waals surface area contributed by atoms with Crippen LogP contribution < -0.4 is 0 Å². The molecule has 11 heteroatoms. The van der Waals surface area contributed by atoms with Gasteiger partial charge in [-0.25, -0.2) is 13.4 Å². The number of amides is 2. The summed E-state index contributed by atoms with van der Waals surface area (Å²) in [6.07, 6.45) is 0.529. The second-order valence-electron chi connectivity index (χ2n) is 6.21. The van der Waals surface area contributed by atoms with E-state index in [9.17, 15) is 18.0 Å². The van der Waals surface area contributed by atoms with Crippen molar-refractivity contribution in [3.05, 3.63) is 28.2 Å². The Balaban J connectivity index is 1.70. The highest BCUT2D eigenvalue weighted by Crippen LogP contribution is 2.31. The van der Waals surface area contributed by atoms with Crippen LogP contribution in [0.5, 0.6) is 0 Å². The number of hydrazone groups is 1. The van der Waals surface area contributed by atoms with Crippen LogP contribution in [0.3, 0.4) is 0 Å². The molecule has 146 valence electrons. The van der Waals surface area contributed by atoms with Gasteiger partial charge in [-0.1, -0.05) is 29.3 Å². The van der Waals surface area contributed by atoms with E-state index in [0.717, 1.165) is 0 Å². The zero-order valence-electron chi connectivity index (χ0n) is 14.6. The summed E-state index contributed by atoms with van der Waals surface area (Å²) in [5, 5.41) is 5.34. The highest BCUT2D eigenvalue weighted by atomic mass is 35.5. The van der Waals surface area contributed by atoms with E-state index in [4.69, 9.17) is 23.2 Å². The third kappa shape index (κ3) is 3.96. The Morgan fingerprint density at radius 1 is 1.11 bits per heavy atom. The van der Waals surface area contributed by atoms with Crippen molar-refractivity contribution in [2.75, 3.05) is 33.2 Å². The van der Waals surface area contributed by atoms with Crippen molar-refractivity contribution in [2.24, 2.45) is 5.10 Å². The lowest BCUT2D eigenvalue weighted by atomic mass is 10.1. The lowest BCUT2D eigenvalue weighted by molar-refractivity contribution is -0.130. The molecule has 1 aromatic rings. The summed E-state index contributed by atoms with van der Waals surface area (Å²) in [6, 6.07) is 4.46. The Bertz CT molecular complexity index is 911. The molecule has 1 fully saturated rings. The third-order valence-electron chi connectivity index (χ3n) is 4.51. The molecule has 1 saturated heterocycles. The number of sulfonamides is 1. The minimum absolute atomic E-state index is 0.0121. The molecule has 0 bridgehead atoms. The number of nitrogens with zero attached hydrogens (tertiary/aromatic N) is 4. The maximum atomic E-state index is 12.8. The molecule has 2 amide bonds. The van der Waals surface area contributed by atoms with Gasteiger partial charge < -0.3 is 4.90 Å². The van der Waals surface area contributed by atoms with E-state index in [-0.39, 0.29) is 59.4 Å². The molecule has 0 spiro atoms. The van der Waals surface area contributed by atoms with Gasteiger partial charge in [0.1, 0.15) is 10.6 Å². The first-order valence-corrected chi connectivity index (χ1v) is 10.5. The number of hydrogen-bond acceptors (Lipinski definition) is 5. The summed E-state index contributed by atoms with van der Waals surface area (Å²) < 4.78 is 26.9. The predicted octanol–water partition coefficient (Wildman–Crippen LogP) is 1.43. The molecule has 8 nitrogen and oxygen atoms in total. The Kier molecular flexibility index (Phi) is 5.76. The zero-order valence-corrected chi connectivity index (χ0v) is 16.9. The Labute approximate surface area is 167 Å². The van der Waals surface area contributed by atoms with Crippen molar-refractivity contribution in [3.63, 3.8) is 0 Å². The fourth-order valence-corrected chi connectivity index (χ4v) is 5.12. The van der Waals surface area contributed by atoms with Crippen LogP contribution in [0.2, 0.25) is 10.0 Å². The molecule has 2 aliphatic rings. The van der Waals surface area contributed by atoms with E-state index in [0.29, 0.717) is 12.1 Å². The van der Waals surface area contributed by atoms with Gasteiger partial charge in [0, 0.05) is 46.1 Å². The van der Waals surface area contributed by atoms with Crippen molar-refractivity contribution < 1.29 is 18.0 Å². The van der Waals surface area contributed by atoms with Crippen molar-refractivity contribution in [3.8, 4) is 0 Å². The third-order valence-corrected chi connectivity index (χ3v) is 7.39. The first-order chi connectivity index (χ1) is 12.7. The van der Waals surface area contributed by atoms with Gasteiger partial charge in [0.15, 0.2) is 0 Å². The van der Waals surface area contributed by atoms with E-state index in [2.05, 4.69) is 5.10 Å². The molecule has 0 radical (unpaired) electrons. The molecular weight excluding hydrogens is 415 g/mol. The Morgan fingerprint density at radius 2 is 1.78 bits per heavy atom. The maximum Gasteiger partial charge on any atom is 0.270 e. The molecule has 0 atom stereocenters. The van der Waals surface area contributed by atoms with Gasteiger partial charge in [-0.05, 0) is 12.1 Å². The molecule has 0 saturated carbocycles. The summed E-state index contributed by atoms with van der Waals surface area (Å²) in [5.41, 5.74) is 0.311. The van der Waals surface area contributed by atoms with Crippen LogP contribution in [0.4, 0.5) is 0 Å². The van der Waals surface area contributed by atoms with Crippen LogP contribution in [0.1, 0.15) is 12.8 Å². The van der Waals surface area contributed by atoms with E-state index in [1.54, 1.807) is 4.90 Å². The van der Waals surface area contributed by atoms with Crippen LogP contribution >= 0.6 is 23.2 Å². The van der Waals surface area contributed by atoms with Crippen LogP contribution in [-0.2, 0) is 19.6 Å². The minimum Gasteiger partial charge on any atom is -0.335 e. The minimum atomic E-state index is -3.81. The van der Waals surface area contributed by atoms with E-state index in [1.807, 2.05) is 0 Å². The highest BCUT2D eigenvalue weighted by Gasteiger charge is 2.33. The first kappa shape index (κ1) is 20.1. The Hall–Kier alpha value is -1.68. The first-order valence-electron chi connectivity index (χ1n) is 8.29. The van der Waals surface area contributed by atoms with Crippen molar-refractivity contribution >= 4 is 50.8 Å².